The lowest BCUT2D eigenvalue weighted by molar-refractivity contribution is -0.141. The van der Waals surface area contributed by atoms with Gasteiger partial charge in [0.25, 0.3) is 5.91 Å². The zero-order valence-electron chi connectivity index (χ0n) is 17.1. The summed E-state index contributed by atoms with van der Waals surface area (Å²) in [6.45, 7) is 1.90. The zero-order valence-corrected chi connectivity index (χ0v) is 17.9. The van der Waals surface area contributed by atoms with Crippen LogP contribution in [0.5, 0.6) is 5.75 Å². The van der Waals surface area contributed by atoms with Gasteiger partial charge < -0.3 is 10.1 Å². The number of halogens is 3. The van der Waals surface area contributed by atoms with E-state index in [1.165, 1.54) is 23.1 Å². The minimum atomic E-state index is -4.57. The summed E-state index contributed by atoms with van der Waals surface area (Å²) in [6, 6.07) is 16.1. The molecule has 0 saturated carbocycles. The molecule has 9 heteroatoms. The number of hydrogen-bond acceptors (Lipinski definition) is 4. The van der Waals surface area contributed by atoms with E-state index in [0.29, 0.717) is 33.3 Å². The van der Waals surface area contributed by atoms with Gasteiger partial charge in [0.2, 0.25) is 0 Å². The second-order valence-electron chi connectivity index (χ2n) is 7.01. The largest absolute Gasteiger partial charge is 0.495 e. The Morgan fingerprint density at radius 3 is 2.47 bits per heavy atom. The van der Waals surface area contributed by atoms with E-state index in [9.17, 15) is 18.0 Å². The number of hydrogen-bond donors (Lipinski definition) is 1. The van der Waals surface area contributed by atoms with Crippen LogP contribution in [0.15, 0.2) is 66.0 Å². The topological polar surface area (TPSA) is 56.1 Å². The van der Waals surface area contributed by atoms with Gasteiger partial charge in [-0.25, -0.2) is 4.68 Å². The molecule has 0 aliphatic heterocycles. The highest BCUT2D eigenvalue weighted by Gasteiger charge is 2.35. The van der Waals surface area contributed by atoms with Crippen LogP contribution < -0.4 is 10.1 Å². The van der Waals surface area contributed by atoms with Crippen LogP contribution in [0.4, 0.5) is 18.9 Å². The number of anilines is 1. The first kappa shape index (κ1) is 21.6. The maximum atomic E-state index is 13.3. The number of amides is 1. The van der Waals surface area contributed by atoms with Gasteiger partial charge in [0.15, 0.2) is 5.69 Å². The molecule has 2 aromatic heterocycles. The van der Waals surface area contributed by atoms with Crippen LogP contribution in [0, 0.1) is 6.92 Å². The molecule has 0 radical (unpaired) electrons. The number of aromatic nitrogens is 2. The van der Waals surface area contributed by atoms with Gasteiger partial charge in [0.1, 0.15) is 5.75 Å². The highest BCUT2D eigenvalue weighted by Crippen LogP contribution is 2.35. The van der Waals surface area contributed by atoms with Crippen molar-refractivity contribution in [1.82, 2.24) is 9.78 Å². The molecule has 0 aliphatic rings. The Labute approximate surface area is 186 Å². The summed E-state index contributed by atoms with van der Waals surface area (Å²) in [5.41, 5.74) is 1.59. The van der Waals surface area contributed by atoms with Gasteiger partial charge in [-0.3, -0.25) is 4.79 Å². The van der Waals surface area contributed by atoms with Gasteiger partial charge in [0, 0.05) is 5.56 Å². The lowest BCUT2D eigenvalue weighted by Crippen LogP contribution is -2.13. The summed E-state index contributed by atoms with van der Waals surface area (Å²) in [6.07, 6.45) is -4.57. The van der Waals surface area contributed by atoms with E-state index in [0.717, 1.165) is 11.6 Å². The first-order valence-corrected chi connectivity index (χ1v) is 10.4. The Kier molecular flexibility index (Phi) is 5.75. The van der Waals surface area contributed by atoms with Gasteiger partial charge in [-0.15, -0.1) is 11.3 Å². The number of carbonyl (C=O) groups is 1. The first-order valence-electron chi connectivity index (χ1n) is 9.54. The molecule has 1 amide bonds. The quantitative estimate of drug-likeness (QED) is 0.389. The molecule has 4 aromatic rings. The maximum Gasteiger partial charge on any atom is 0.435 e. The second kappa shape index (κ2) is 8.51. The van der Waals surface area contributed by atoms with E-state index < -0.39 is 11.9 Å². The Morgan fingerprint density at radius 1 is 1.09 bits per heavy atom. The van der Waals surface area contributed by atoms with Crippen molar-refractivity contribution >= 4 is 22.9 Å². The van der Waals surface area contributed by atoms with Crippen molar-refractivity contribution in [3.05, 3.63) is 82.9 Å². The number of carbonyl (C=O) groups excluding carboxylic acids is 1. The number of methoxy groups -OCH3 is 1. The molecule has 0 fully saturated rings. The molecule has 0 unspecified atom stereocenters. The van der Waals surface area contributed by atoms with Crippen molar-refractivity contribution in [2.24, 2.45) is 0 Å². The van der Waals surface area contributed by atoms with Gasteiger partial charge in [-0.1, -0.05) is 12.1 Å². The maximum absolute atomic E-state index is 13.3. The summed E-state index contributed by atoms with van der Waals surface area (Å²) in [5.74, 6) is 0.160. The number of ether oxygens (including phenoxy) is 1. The molecule has 0 atom stereocenters. The molecule has 4 rings (SSSR count). The molecule has 32 heavy (non-hydrogen) atoms. The van der Waals surface area contributed by atoms with Crippen LogP contribution in [0.2, 0.25) is 0 Å². The number of aryl methyl sites for hydroxylation is 1. The SMILES string of the molecule is COc1ccc(C)cc1NC(=O)c1ccc(-n2nc(C(F)(F)F)cc2-c2cccs2)cc1. The number of nitrogens with zero attached hydrogens (tertiary/aromatic N) is 2. The smallest absolute Gasteiger partial charge is 0.435 e. The summed E-state index contributed by atoms with van der Waals surface area (Å²) in [7, 11) is 1.51. The minimum Gasteiger partial charge on any atom is -0.495 e. The Hall–Kier alpha value is -3.59. The molecule has 5 nitrogen and oxygen atoms in total. The predicted molar refractivity (Wildman–Crippen MR) is 118 cm³/mol. The third kappa shape index (κ3) is 4.38. The fraction of sp³-hybridized carbons (Fsp3) is 0.130. The van der Waals surface area contributed by atoms with Gasteiger partial charge in [-0.05, 0) is 66.4 Å². The summed E-state index contributed by atoms with van der Waals surface area (Å²) >= 11 is 1.32. The van der Waals surface area contributed by atoms with Gasteiger partial charge in [-0.2, -0.15) is 18.3 Å². The second-order valence-corrected chi connectivity index (χ2v) is 7.95. The van der Waals surface area contributed by atoms with Crippen LogP contribution >= 0.6 is 11.3 Å². The lowest BCUT2D eigenvalue weighted by atomic mass is 10.1. The molecular formula is C23H18F3N3O2S. The van der Waals surface area contributed by atoms with E-state index in [1.807, 2.05) is 13.0 Å². The molecule has 2 aromatic carbocycles. The van der Waals surface area contributed by atoms with Crippen LogP contribution in [-0.4, -0.2) is 22.8 Å². The Morgan fingerprint density at radius 2 is 1.84 bits per heavy atom. The van der Waals surface area contributed by atoms with Crippen LogP contribution in [0.1, 0.15) is 21.6 Å². The monoisotopic (exact) mass is 457 g/mol. The van der Waals surface area contributed by atoms with Crippen molar-refractivity contribution in [3.8, 4) is 22.0 Å². The third-order valence-corrected chi connectivity index (χ3v) is 5.64. The number of benzene rings is 2. The van der Waals surface area contributed by atoms with Gasteiger partial charge >= 0.3 is 6.18 Å². The van der Waals surface area contributed by atoms with Crippen molar-refractivity contribution in [1.29, 1.82) is 0 Å². The van der Waals surface area contributed by atoms with E-state index in [-0.39, 0.29) is 5.91 Å². The molecule has 0 aliphatic carbocycles. The Balaban J connectivity index is 1.64. The highest BCUT2D eigenvalue weighted by molar-refractivity contribution is 7.13. The highest BCUT2D eigenvalue weighted by atomic mass is 32.1. The third-order valence-electron chi connectivity index (χ3n) is 4.75. The molecule has 0 saturated heterocycles. The minimum absolute atomic E-state index is 0.328. The van der Waals surface area contributed by atoms with Crippen LogP contribution in [0.25, 0.3) is 16.3 Å². The number of alkyl halides is 3. The fourth-order valence-electron chi connectivity index (χ4n) is 3.18. The van der Waals surface area contributed by atoms with Crippen molar-refractivity contribution in [3.63, 3.8) is 0 Å². The number of rotatable bonds is 5. The van der Waals surface area contributed by atoms with Crippen molar-refractivity contribution in [2.75, 3.05) is 12.4 Å². The van der Waals surface area contributed by atoms with Crippen molar-refractivity contribution in [2.45, 2.75) is 13.1 Å². The normalized spacial score (nSPS) is 11.4. The molecule has 2 heterocycles. The van der Waals surface area contributed by atoms with E-state index in [2.05, 4.69) is 10.4 Å². The standard InChI is InChI=1S/C23H18F3N3O2S/c1-14-5-10-19(31-2)17(12-14)27-22(30)15-6-8-16(9-7-15)29-18(20-4-3-11-32-20)13-21(28-29)23(24,25)26/h3-13H,1-2H3,(H,27,30). The van der Waals surface area contributed by atoms with E-state index in [1.54, 1.807) is 53.9 Å². The van der Waals surface area contributed by atoms with E-state index in [4.69, 9.17) is 4.74 Å². The molecule has 0 bridgehead atoms. The van der Waals surface area contributed by atoms with Crippen LogP contribution in [0.3, 0.4) is 0 Å². The summed E-state index contributed by atoms with van der Waals surface area (Å²) in [5, 5.41) is 8.35. The molecule has 1 N–H and O–H groups in total. The van der Waals surface area contributed by atoms with Gasteiger partial charge in [0.05, 0.1) is 29.1 Å². The Bertz CT molecular complexity index is 1250. The molecule has 164 valence electrons. The van der Waals surface area contributed by atoms with Crippen molar-refractivity contribution < 1.29 is 22.7 Å². The predicted octanol–water partition coefficient (Wildman–Crippen LogP) is 6.19. The lowest BCUT2D eigenvalue weighted by Gasteiger charge is -2.12. The summed E-state index contributed by atoms with van der Waals surface area (Å²) < 4.78 is 46.3. The number of thiophene rings is 1. The molecule has 0 spiro atoms. The summed E-state index contributed by atoms with van der Waals surface area (Å²) in [4.78, 5) is 13.3. The van der Waals surface area contributed by atoms with Crippen LogP contribution in [-0.2, 0) is 6.18 Å². The average molecular weight is 457 g/mol. The average Bonchev–Trinajstić information content (AvgIpc) is 3.43. The number of nitrogens with one attached hydrogen (secondary N) is 1. The first-order chi connectivity index (χ1) is 15.3. The fourth-order valence-corrected chi connectivity index (χ4v) is 3.91. The van der Waals surface area contributed by atoms with E-state index >= 15 is 0 Å². The zero-order chi connectivity index (χ0) is 22.9. The molecular weight excluding hydrogens is 439 g/mol.